The Bertz CT molecular complexity index is 473. The third-order valence-electron chi connectivity index (χ3n) is 3.56. The summed E-state index contributed by atoms with van der Waals surface area (Å²) in [6.07, 6.45) is 2.85. The number of hydrogen-bond donors (Lipinski definition) is 0. The Kier molecular flexibility index (Phi) is 3.90. The molecule has 4 heteroatoms. The molecule has 1 aliphatic carbocycles. The number of likely N-dealkylation sites (N-methyl/N-ethyl adjacent to an activating group) is 1. The van der Waals surface area contributed by atoms with Gasteiger partial charge in [-0.1, -0.05) is 0 Å². The van der Waals surface area contributed by atoms with Crippen molar-refractivity contribution in [3.05, 3.63) is 21.4 Å². The number of amides is 1. The first-order valence-corrected chi connectivity index (χ1v) is 7.67. The Balaban J connectivity index is 2.04. The summed E-state index contributed by atoms with van der Waals surface area (Å²) < 4.78 is 5.44. The van der Waals surface area contributed by atoms with Crippen LogP contribution in [0.15, 0.2) is 5.38 Å². The third kappa shape index (κ3) is 3.30. The first kappa shape index (κ1) is 14.4. The van der Waals surface area contributed by atoms with Gasteiger partial charge < -0.3 is 9.64 Å². The lowest BCUT2D eigenvalue weighted by atomic mass is 9.91. The molecule has 0 spiro atoms. The minimum atomic E-state index is -0.427. The molecule has 3 nitrogen and oxygen atoms in total. The quantitative estimate of drug-likeness (QED) is 0.784. The minimum absolute atomic E-state index is 0.214. The van der Waals surface area contributed by atoms with Gasteiger partial charge in [0.2, 0.25) is 0 Å². The highest BCUT2D eigenvalue weighted by atomic mass is 32.1. The third-order valence-corrected chi connectivity index (χ3v) is 4.77. The van der Waals surface area contributed by atoms with Gasteiger partial charge in [0.05, 0.1) is 0 Å². The van der Waals surface area contributed by atoms with Gasteiger partial charge in [-0.3, -0.25) is 0 Å². The summed E-state index contributed by atoms with van der Waals surface area (Å²) in [6, 6.07) is 0.260. The topological polar surface area (TPSA) is 29.5 Å². The summed E-state index contributed by atoms with van der Waals surface area (Å²) in [7, 11) is 1.85. The van der Waals surface area contributed by atoms with Crippen molar-refractivity contribution in [2.45, 2.75) is 58.6 Å². The largest absolute Gasteiger partial charge is 0.444 e. The van der Waals surface area contributed by atoms with E-state index < -0.39 is 5.60 Å². The van der Waals surface area contributed by atoms with Gasteiger partial charge >= 0.3 is 6.09 Å². The molecule has 1 aliphatic rings. The molecule has 1 aromatic heterocycles. The number of carbonyl (C=O) groups is 1. The van der Waals surface area contributed by atoms with E-state index in [0.29, 0.717) is 0 Å². The van der Waals surface area contributed by atoms with Crippen LogP contribution in [0, 0.1) is 6.92 Å². The van der Waals surface area contributed by atoms with Crippen LogP contribution < -0.4 is 0 Å². The second-order valence-corrected chi connectivity index (χ2v) is 7.27. The molecule has 0 fully saturated rings. The minimum Gasteiger partial charge on any atom is -0.444 e. The summed E-state index contributed by atoms with van der Waals surface area (Å²) >= 11 is 1.85. The van der Waals surface area contributed by atoms with Crippen LogP contribution in [0.5, 0.6) is 0 Å². The summed E-state index contributed by atoms with van der Waals surface area (Å²) in [6.45, 7) is 7.87. The second kappa shape index (κ2) is 5.16. The Labute approximate surface area is 119 Å². The lowest BCUT2D eigenvalue weighted by molar-refractivity contribution is 0.0210. The van der Waals surface area contributed by atoms with Gasteiger partial charge in [-0.2, -0.15) is 0 Å². The van der Waals surface area contributed by atoms with E-state index in [-0.39, 0.29) is 12.1 Å². The van der Waals surface area contributed by atoms with Crippen molar-refractivity contribution in [1.29, 1.82) is 0 Å². The van der Waals surface area contributed by atoms with E-state index in [1.54, 1.807) is 4.90 Å². The van der Waals surface area contributed by atoms with Gasteiger partial charge in [0.25, 0.3) is 0 Å². The molecular weight excluding hydrogens is 258 g/mol. The standard InChI is InChI=1S/C15H23NO2S/c1-10-9-19-13-7-6-11(8-12(10)13)16(5)14(17)18-15(2,3)4/h9,11H,6-8H2,1-5H3. The number of ether oxygens (including phenoxy) is 1. The van der Waals surface area contributed by atoms with Crippen LogP contribution in [0.4, 0.5) is 4.79 Å². The SMILES string of the molecule is Cc1csc2c1CC(N(C)C(=O)OC(C)(C)C)CC2. The lowest BCUT2D eigenvalue weighted by Gasteiger charge is -2.33. The number of aryl methyl sites for hydroxylation is 2. The maximum atomic E-state index is 12.1. The van der Waals surface area contributed by atoms with Crippen LogP contribution in [0.3, 0.4) is 0 Å². The van der Waals surface area contributed by atoms with Crippen molar-refractivity contribution >= 4 is 17.4 Å². The predicted molar refractivity (Wildman–Crippen MR) is 78.9 cm³/mol. The van der Waals surface area contributed by atoms with E-state index in [4.69, 9.17) is 4.74 Å². The summed E-state index contributed by atoms with van der Waals surface area (Å²) in [5.41, 5.74) is 2.38. The highest BCUT2D eigenvalue weighted by Crippen LogP contribution is 2.31. The molecule has 0 saturated carbocycles. The number of nitrogens with zero attached hydrogens (tertiary/aromatic N) is 1. The van der Waals surface area contributed by atoms with Crippen molar-refractivity contribution < 1.29 is 9.53 Å². The van der Waals surface area contributed by atoms with Crippen molar-refractivity contribution in [2.75, 3.05) is 7.05 Å². The maximum Gasteiger partial charge on any atom is 0.410 e. The molecule has 0 radical (unpaired) electrons. The van der Waals surface area contributed by atoms with E-state index in [1.165, 1.54) is 16.0 Å². The van der Waals surface area contributed by atoms with Crippen LogP contribution in [0.2, 0.25) is 0 Å². The number of rotatable bonds is 1. The first-order chi connectivity index (χ1) is 8.78. The number of carbonyl (C=O) groups excluding carboxylic acids is 1. The summed E-state index contributed by atoms with van der Waals surface area (Å²) in [5, 5.41) is 2.22. The summed E-state index contributed by atoms with van der Waals surface area (Å²) in [4.78, 5) is 15.4. The van der Waals surface area contributed by atoms with Gasteiger partial charge in [-0.25, -0.2) is 4.79 Å². The smallest absolute Gasteiger partial charge is 0.410 e. The van der Waals surface area contributed by atoms with Gasteiger partial charge in [0.15, 0.2) is 0 Å². The molecule has 0 aromatic carbocycles. The molecule has 0 N–H and O–H groups in total. The highest BCUT2D eigenvalue weighted by Gasteiger charge is 2.29. The molecule has 2 rings (SSSR count). The molecule has 1 amide bonds. The molecule has 0 aliphatic heterocycles. The van der Waals surface area contributed by atoms with Crippen molar-refractivity contribution in [3.8, 4) is 0 Å². The number of hydrogen-bond acceptors (Lipinski definition) is 3. The fraction of sp³-hybridized carbons (Fsp3) is 0.667. The van der Waals surface area contributed by atoms with E-state index in [0.717, 1.165) is 19.3 Å². The predicted octanol–water partition coefficient (Wildman–Crippen LogP) is 3.78. The molecule has 1 aromatic rings. The zero-order chi connectivity index (χ0) is 14.2. The highest BCUT2D eigenvalue weighted by molar-refractivity contribution is 7.10. The van der Waals surface area contributed by atoms with Crippen molar-refractivity contribution in [3.63, 3.8) is 0 Å². The van der Waals surface area contributed by atoms with Crippen molar-refractivity contribution in [1.82, 2.24) is 4.90 Å². The van der Waals surface area contributed by atoms with Crippen LogP contribution in [-0.4, -0.2) is 29.7 Å². The fourth-order valence-corrected chi connectivity index (χ4v) is 3.54. The van der Waals surface area contributed by atoms with Crippen LogP contribution in [0.1, 0.15) is 43.2 Å². The van der Waals surface area contributed by atoms with Gasteiger partial charge in [-0.05, 0) is 63.5 Å². The molecule has 1 atom stereocenters. The first-order valence-electron chi connectivity index (χ1n) is 6.79. The molecule has 106 valence electrons. The van der Waals surface area contributed by atoms with Crippen LogP contribution in [0.25, 0.3) is 0 Å². The number of fused-ring (bicyclic) bond motifs is 1. The average molecular weight is 281 g/mol. The Hall–Kier alpha value is -1.03. The summed E-state index contributed by atoms with van der Waals surface area (Å²) in [5.74, 6) is 0. The maximum absolute atomic E-state index is 12.1. The monoisotopic (exact) mass is 281 g/mol. The van der Waals surface area contributed by atoms with Gasteiger partial charge in [0.1, 0.15) is 5.60 Å². The van der Waals surface area contributed by atoms with E-state index in [2.05, 4.69) is 12.3 Å². The van der Waals surface area contributed by atoms with Crippen LogP contribution >= 0.6 is 11.3 Å². The van der Waals surface area contributed by atoms with E-state index in [9.17, 15) is 4.79 Å². The van der Waals surface area contributed by atoms with Gasteiger partial charge in [0, 0.05) is 18.0 Å². The Morgan fingerprint density at radius 3 is 2.79 bits per heavy atom. The molecular formula is C15H23NO2S. The normalized spacial score (nSPS) is 18.9. The van der Waals surface area contributed by atoms with Crippen LogP contribution in [-0.2, 0) is 17.6 Å². The number of thiophene rings is 1. The van der Waals surface area contributed by atoms with Crippen molar-refractivity contribution in [2.24, 2.45) is 0 Å². The van der Waals surface area contributed by atoms with E-state index >= 15 is 0 Å². The van der Waals surface area contributed by atoms with Gasteiger partial charge in [-0.15, -0.1) is 11.3 Å². The Morgan fingerprint density at radius 1 is 1.47 bits per heavy atom. The lowest BCUT2D eigenvalue weighted by Crippen LogP contribution is -2.43. The van der Waals surface area contributed by atoms with E-state index in [1.807, 2.05) is 39.2 Å². The molecule has 1 unspecified atom stereocenters. The molecule has 0 bridgehead atoms. The molecule has 0 saturated heterocycles. The average Bonchev–Trinajstić information content (AvgIpc) is 2.67. The zero-order valence-electron chi connectivity index (χ0n) is 12.4. The molecule has 1 heterocycles. The Morgan fingerprint density at radius 2 is 2.16 bits per heavy atom. The fourth-order valence-electron chi connectivity index (χ4n) is 2.46. The molecule has 19 heavy (non-hydrogen) atoms. The second-order valence-electron chi connectivity index (χ2n) is 6.31. The zero-order valence-corrected chi connectivity index (χ0v) is 13.3.